The molecule has 0 saturated carbocycles. The average Bonchev–Trinajstić information content (AvgIpc) is 3.12. The molecule has 8 nitrogen and oxygen atoms in total. The molecular weight excluding hydrogens is 379 g/mol. The fourth-order valence-corrected chi connectivity index (χ4v) is 2.60. The van der Waals surface area contributed by atoms with Crippen molar-refractivity contribution in [2.24, 2.45) is 5.16 Å². The maximum atomic E-state index is 13.7. The Morgan fingerprint density at radius 3 is 2.93 bits per heavy atom. The Hall–Kier alpha value is -3.23. The van der Waals surface area contributed by atoms with Crippen LogP contribution in [0.2, 0.25) is 0 Å². The molecular formula is C20H23FN4O4. The van der Waals surface area contributed by atoms with Crippen LogP contribution in [0.1, 0.15) is 27.2 Å². The number of carbonyl (C=O) groups is 1. The van der Waals surface area contributed by atoms with Gasteiger partial charge >= 0.3 is 6.09 Å². The van der Waals surface area contributed by atoms with E-state index in [9.17, 15) is 9.18 Å². The molecule has 0 radical (unpaired) electrons. The number of hydrogen-bond donors (Lipinski definition) is 1. The number of nitrogens with one attached hydrogen (secondary N) is 1. The average molecular weight is 402 g/mol. The molecule has 154 valence electrons. The number of oxime groups is 1. The Balaban J connectivity index is 1.52. The highest BCUT2D eigenvalue weighted by atomic mass is 19.1. The number of hydrogen-bond acceptors (Lipinski definition) is 7. The molecule has 29 heavy (non-hydrogen) atoms. The molecule has 1 amide bonds. The number of amides is 1. The largest absolute Gasteiger partial charge is 0.487 e. The van der Waals surface area contributed by atoms with Gasteiger partial charge in [-0.1, -0.05) is 5.16 Å². The SMILES string of the molecule is CC(C)(C)OC(=O)NCC1=NOC(COc2cc(F)cnc2-c2cccnc2)C1. The van der Waals surface area contributed by atoms with E-state index >= 15 is 0 Å². The van der Waals surface area contributed by atoms with Crippen LogP contribution in [0.3, 0.4) is 0 Å². The molecule has 2 aromatic rings. The van der Waals surface area contributed by atoms with Crippen LogP contribution in [0.5, 0.6) is 5.75 Å². The van der Waals surface area contributed by atoms with Crippen molar-refractivity contribution in [3.05, 3.63) is 42.6 Å². The number of alkyl carbamates (subject to hydrolysis) is 1. The second-order valence-electron chi connectivity index (χ2n) is 7.50. The summed E-state index contributed by atoms with van der Waals surface area (Å²) in [5.74, 6) is -0.208. The summed E-state index contributed by atoms with van der Waals surface area (Å²) in [4.78, 5) is 25.2. The fraction of sp³-hybridized carbons (Fsp3) is 0.400. The number of rotatable bonds is 6. The Bertz CT molecular complexity index is 884. The summed E-state index contributed by atoms with van der Waals surface area (Å²) in [6.07, 6.45) is 4.00. The summed E-state index contributed by atoms with van der Waals surface area (Å²) < 4.78 is 24.6. The highest BCUT2D eigenvalue weighted by molar-refractivity contribution is 5.89. The highest BCUT2D eigenvalue weighted by Crippen LogP contribution is 2.28. The van der Waals surface area contributed by atoms with Gasteiger partial charge in [0.25, 0.3) is 0 Å². The van der Waals surface area contributed by atoms with Crippen molar-refractivity contribution >= 4 is 11.8 Å². The topological polar surface area (TPSA) is 94.9 Å². The van der Waals surface area contributed by atoms with E-state index in [1.54, 1.807) is 39.2 Å². The lowest BCUT2D eigenvalue weighted by Crippen LogP contribution is -2.35. The monoisotopic (exact) mass is 402 g/mol. The van der Waals surface area contributed by atoms with Crippen molar-refractivity contribution in [3.8, 4) is 17.0 Å². The molecule has 0 aromatic carbocycles. The summed E-state index contributed by atoms with van der Waals surface area (Å²) in [6, 6.07) is 4.86. The normalized spacial score (nSPS) is 16.0. The molecule has 0 aliphatic carbocycles. The van der Waals surface area contributed by atoms with Gasteiger partial charge in [-0.15, -0.1) is 0 Å². The smallest absolute Gasteiger partial charge is 0.407 e. The van der Waals surface area contributed by atoms with E-state index < -0.39 is 17.5 Å². The van der Waals surface area contributed by atoms with E-state index in [1.807, 2.05) is 6.07 Å². The van der Waals surface area contributed by atoms with Gasteiger partial charge in [0.15, 0.2) is 6.10 Å². The lowest BCUT2D eigenvalue weighted by molar-refractivity contribution is 0.0470. The van der Waals surface area contributed by atoms with Crippen molar-refractivity contribution in [2.45, 2.75) is 38.9 Å². The maximum absolute atomic E-state index is 13.7. The van der Waals surface area contributed by atoms with Gasteiger partial charge in [-0.3, -0.25) is 4.98 Å². The van der Waals surface area contributed by atoms with Crippen molar-refractivity contribution < 1.29 is 23.5 Å². The van der Waals surface area contributed by atoms with Crippen LogP contribution in [0.15, 0.2) is 41.9 Å². The first-order valence-electron chi connectivity index (χ1n) is 9.17. The van der Waals surface area contributed by atoms with Gasteiger partial charge in [-0.25, -0.2) is 14.2 Å². The van der Waals surface area contributed by atoms with Gasteiger partial charge in [-0.2, -0.15) is 0 Å². The van der Waals surface area contributed by atoms with Crippen LogP contribution in [0.4, 0.5) is 9.18 Å². The highest BCUT2D eigenvalue weighted by Gasteiger charge is 2.24. The van der Waals surface area contributed by atoms with Crippen molar-refractivity contribution in [1.29, 1.82) is 0 Å². The Labute approximate surface area is 168 Å². The zero-order valence-electron chi connectivity index (χ0n) is 16.5. The van der Waals surface area contributed by atoms with Gasteiger partial charge in [-0.05, 0) is 32.9 Å². The fourth-order valence-electron chi connectivity index (χ4n) is 2.60. The summed E-state index contributed by atoms with van der Waals surface area (Å²) in [6.45, 7) is 5.73. The number of halogens is 1. The van der Waals surface area contributed by atoms with E-state index in [4.69, 9.17) is 14.3 Å². The van der Waals surface area contributed by atoms with Crippen molar-refractivity contribution in [1.82, 2.24) is 15.3 Å². The minimum absolute atomic E-state index is 0.151. The molecule has 2 aromatic heterocycles. The van der Waals surface area contributed by atoms with Crippen molar-refractivity contribution in [3.63, 3.8) is 0 Å². The van der Waals surface area contributed by atoms with Gasteiger partial charge in [0.05, 0.1) is 18.5 Å². The number of ether oxygens (including phenoxy) is 2. The van der Waals surface area contributed by atoms with Crippen LogP contribution in [0.25, 0.3) is 11.3 Å². The van der Waals surface area contributed by atoms with E-state index in [1.165, 1.54) is 6.07 Å². The third kappa shape index (κ3) is 6.13. The third-order valence-corrected chi connectivity index (χ3v) is 3.81. The number of aromatic nitrogens is 2. The summed E-state index contributed by atoms with van der Waals surface area (Å²) in [5.41, 5.74) is 1.30. The van der Waals surface area contributed by atoms with Crippen LogP contribution in [0, 0.1) is 5.82 Å². The minimum Gasteiger partial charge on any atom is -0.487 e. The van der Waals surface area contributed by atoms with E-state index in [0.29, 0.717) is 29.1 Å². The van der Waals surface area contributed by atoms with Gasteiger partial charge < -0.3 is 19.6 Å². The van der Waals surface area contributed by atoms with E-state index in [0.717, 1.165) is 6.20 Å². The van der Waals surface area contributed by atoms with Crippen LogP contribution < -0.4 is 10.1 Å². The standard InChI is InChI=1S/C20H23FN4O4/c1-20(2,3)28-19(26)24-11-15-8-16(29-25-15)12-27-17-7-14(21)10-23-18(17)13-5-4-6-22-9-13/h4-7,9-10,16H,8,11-12H2,1-3H3,(H,24,26). The molecule has 1 N–H and O–H groups in total. The van der Waals surface area contributed by atoms with Crippen molar-refractivity contribution in [2.75, 3.05) is 13.2 Å². The molecule has 0 fully saturated rings. The third-order valence-electron chi connectivity index (χ3n) is 3.81. The minimum atomic E-state index is -0.570. The second-order valence-corrected chi connectivity index (χ2v) is 7.50. The first kappa shape index (κ1) is 20.5. The van der Waals surface area contributed by atoms with Gasteiger partial charge in [0, 0.05) is 30.4 Å². The number of pyridine rings is 2. The molecule has 1 aliphatic rings. The number of carbonyl (C=O) groups excluding carboxylic acids is 1. The van der Waals surface area contributed by atoms with E-state index in [-0.39, 0.29) is 19.3 Å². The number of nitrogens with zero attached hydrogens (tertiary/aromatic N) is 3. The van der Waals surface area contributed by atoms with E-state index in [2.05, 4.69) is 20.4 Å². The predicted octanol–water partition coefficient (Wildman–Crippen LogP) is 3.33. The Morgan fingerprint density at radius 1 is 1.38 bits per heavy atom. The molecule has 1 unspecified atom stereocenters. The molecule has 1 atom stereocenters. The lowest BCUT2D eigenvalue weighted by Gasteiger charge is -2.19. The van der Waals surface area contributed by atoms with Crippen LogP contribution in [-0.2, 0) is 9.57 Å². The van der Waals surface area contributed by atoms with Crippen LogP contribution >= 0.6 is 0 Å². The first-order valence-corrected chi connectivity index (χ1v) is 9.17. The predicted molar refractivity (Wildman–Crippen MR) is 104 cm³/mol. The zero-order chi connectivity index (χ0) is 20.9. The zero-order valence-corrected chi connectivity index (χ0v) is 16.5. The molecule has 9 heteroatoms. The first-order chi connectivity index (χ1) is 13.8. The van der Waals surface area contributed by atoms with Gasteiger partial charge in [0.1, 0.15) is 29.5 Å². The molecule has 3 heterocycles. The molecule has 1 aliphatic heterocycles. The Morgan fingerprint density at radius 2 is 2.21 bits per heavy atom. The summed E-state index contributed by atoms with van der Waals surface area (Å²) in [5, 5.41) is 6.60. The molecule has 0 bridgehead atoms. The lowest BCUT2D eigenvalue weighted by atomic mass is 10.1. The maximum Gasteiger partial charge on any atom is 0.407 e. The Kier molecular flexibility index (Phi) is 6.26. The van der Waals surface area contributed by atoms with Gasteiger partial charge in [0.2, 0.25) is 0 Å². The summed E-state index contributed by atoms with van der Waals surface area (Å²) in [7, 11) is 0. The quantitative estimate of drug-likeness (QED) is 0.796. The molecule has 0 spiro atoms. The summed E-state index contributed by atoms with van der Waals surface area (Å²) >= 11 is 0. The molecule has 3 rings (SSSR count). The molecule has 0 saturated heterocycles. The second kappa shape index (κ2) is 8.85. The van der Waals surface area contributed by atoms with Crippen LogP contribution in [-0.4, -0.2) is 46.6 Å².